The number of carbonyl (C=O) groups excluding carboxylic acids is 1. The highest BCUT2D eigenvalue weighted by atomic mass is 16.1. The second-order valence-electron chi connectivity index (χ2n) is 2.76. The van der Waals surface area contributed by atoms with Crippen LogP contribution >= 0.6 is 0 Å². The second-order valence-corrected chi connectivity index (χ2v) is 2.76. The molecular weight excluding hydrogens is 126 g/mol. The second kappa shape index (κ2) is 3.71. The highest BCUT2D eigenvalue weighted by Gasteiger charge is 2.18. The third-order valence-corrected chi connectivity index (χ3v) is 2.00. The molecule has 0 spiro atoms. The number of carbonyl (C=O) groups is 1. The number of rotatable bonds is 2. The molecule has 1 aliphatic rings. The van der Waals surface area contributed by atoms with Crippen LogP contribution in [0.15, 0.2) is 0 Å². The fourth-order valence-corrected chi connectivity index (χ4v) is 1.33. The minimum Gasteiger partial charge on any atom is -0.316 e. The fourth-order valence-electron chi connectivity index (χ4n) is 1.33. The first-order valence-corrected chi connectivity index (χ1v) is 3.87. The molecule has 1 rings (SSSR count). The highest BCUT2D eigenvalue weighted by Crippen LogP contribution is 2.11. The van der Waals surface area contributed by atoms with Gasteiger partial charge in [0, 0.05) is 18.9 Å². The van der Waals surface area contributed by atoms with Crippen LogP contribution in [0.1, 0.15) is 19.3 Å². The van der Waals surface area contributed by atoms with Crippen LogP contribution < -0.4 is 5.32 Å². The van der Waals surface area contributed by atoms with Crippen molar-refractivity contribution >= 4 is 5.78 Å². The Morgan fingerprint density at radius 1 is 1.70 bits per heavy atom. The summed E-state index contributed by atoms with van der Waals surface area (Å²) in [6.45, 7) is 5.52. The van der Waals surface area contributed by atoms with Gasteiger partial charge in [0.15, 0.2) is 0 Å². The van der Waals surface area contributed by atoms with Crippen LogP contribution in [0.4, 0.5) is 0 Å². The first kappa shape index (κ1) is 7.73. The molecule has 57 valence electrons. The molecule has 1 saturated heterocycles. The van der Waals surface area contributed by atoms with E-state index in [0.29, 0.717) is 12.2 Å². The smallest absolute Gasteiger partial charge is 0.137 e. The summed E-state index contributed by atoms with van der Waals surface area (Å²) in [5.41, 5.74) is 0. The van der Waals surface area contributed by atoms with Crippen LogP contribution in [0.3, 0.4) is 0 Å². The lowest BCUT2D eigenvalue weighted by Crippen LogP contribution is -2.34. The molecule has 2 heteroatoms. The largest absolute Gasteiger partial charge is 0.316 e. The van der Waals surface area contributed by atoms with E-state index in [4.69, 9.17) is 0 Å². The average Bonchev–Trinajstić information content (AvgIpc) is 2.05. The van der Waals surface area contributed by atoms with Crippen molar-refractivity contribution in [2.75, 3.05) is 13.1 Å². The summed E-state index contributed by atoms with van der Waals surface area (Å²) < 4.78 is 0. The summed E-state index contributed by atoms with van der Waals surface area (Å²) in [6, 6.07) is 0. The molecular formula is C8H14NO. The Labute approximate surface area is 62.0 Å². The van der Waals surface area contributed by atoms with Crippen LogP contribution in [-0.4, -0.2) is 18.9 Å². The van der Waals surface area contributed by atoms with E-state index in [0.717, 1.165) is 25.9 Å². The maximum atomic E-state index is 11.1. The molecule has 1 N–H and O–H groups in total. The Kier molecular flexibility index (Phi) is 2.87. The minimum absolute atomic E-state index is 0.256. The normalized spacial score (nSPS) is 26.3. The van der Waals surface area contributed by atoms with Crippen molar-refractivity contribution in [3.05, 3.63) is 6.92 Å². The van der Waals surface area contributed by atoms with Gasteiger partial charge >= 0.3 is 0 Å². The molecule has 1 radical (unpaired) electrons. The molecule has 0 amide bonds. The third kappa shape index (κ3) is 1.81. The van der Waals surface area contributed by atoms with Crippen LogP contribution in [0.25, 0.3) is 0 Å². The Bertz CT molecular complexity index is 116. The molecule has 2 nitrogen and oxygen atoms in total. The number of Topliss-reactive ketones (excluding diaryl/α,β-unsaturated/α-hetero) is 1. The predicted octanol–water partition coefficient (Wildman–Crippen LogP) is 0.779. The lowest BCUT2D eigenvalue weighted by Gasteiger charge is -2.20. The lowest BCUT2D eigenvalue weighted by molar-refractivity contribution is -0.122. The first-order chi connectivity index (χ1) is 4.84. The van der Waals surface area contributed by atoms with Crippen LogP contribution in [0, 0.1) is 12.8 Å². The quantitative estimate of drug-likeness (QED) is 0.614. The lowest BCUT2D eigenvalue weighted by atomic mass is 9.94. The summed E-state index contributed by atoms with van der Waals surface area (Å²) >= 11 is 0. The van der Waals surface area contributed by atoms with E-state index < -0.39 is 0 Å². The topological polar surface area (TPSA) is 29.1 Å². The molecule has 1 unspecified atom stereocenters. The van der Waals surface area contributed by atoms with Gasteiger partial charge in [-0.3, -0.25) is 4.79 Å². The average molecular weight is 140 g/mol. The van der Waals surface area contributed by atoms with Gasteiger partial charge in [0.25, 0.3) is 0 Å². The van der Waals surface area contributed by atoms with Crippen molar-refractivity contribution in [3.63, 3.8) is 0 Å². The van der Waals surface area contributed by atoms with Gasteiger partial charge in [0.1, 0.15) is 5.78 Å². The molecule has 1 aliphatic heterocycles. The van der Waals surface area contributed by atoms with Gasteiger partial charge in [-0.15, -0.1) is 0 Å². The zero-order valence-corrected chi connectivity index (χ0v) is 6.23. The third-order valence-electron chi connectivity index (χ3n) is 2.00. The van der Waals surface area contributed by atoms with E-state index in [1.165, 1.54) is 0 Å². The Balaban J connectivity index is 2.31. The standard InChI is InChI=1S/C8H14NO/c1-2-8(10)7-4-3-5-9-6-7/h7,9H,1-6H2. The molecule has 1 heterocycles. The van der Waals surface area contributed by atoms with Gasteiger partial charge < -0.3 is 5.32 Å². The molecule has 0 aliphatic carbocycles. The van der Waals surface area contributed by atoms with Gasteiger partial charge in [-0.25, -0.2) is 0 Å². The monoisotopic (exact) mass is 140 g/mol. The SMILES string of the molecule is [CH2]CC(=O)C1CCCNC1. The summed E-state index contributed by atoms with van der Waals surface area (Å²) in [7, 11) is 0. The summed E-state index contributed by atoms with van der Waals surface area (Å²) in [4.78, 5) is 11.1. The summed E-state index contributed by atoms with van der Waals surface area (Å²) in [6.07, 6.45) is 2.64. The van der Waals surface area contributed by atoms with Crippen LogP contribution in [-0.2, 0) is 4.79 Å². The van der Waals surface area contributed by atoms with E-state index in [9.17, 15) is 4.79 Å². The number of ketones is 1. The fraction of sp³-hybridized carbons (Fsp3) is 0.750. The van der Waals surface area contributed by atoms with Gasteiger partial charge in [-0.1, -0.05) is 0 Å². The van der Waals surface area contributed by atoms with E-state index in [1.54, 1.807) is 0 Å². The van der Waals surface area contributed by atoms with E-state index in [-0.39, 0.29) is 5.92 Å². The molecule has 1 atom stereocenters. The molecule has 0 aromatic carbocycles. The van der Waals surface area contributed by atoms with Gasteiger partial charge in [-0.05, 0) is 26.3 Å². The van der Waals surface area contributed by atoms with Gasteiger partial charge in [0.05, 0.1) is 0 Å². The van der Waals surface area contributed by atoms with E-state index >= 15 is 0 Å². The van der Waals surface area contributed by atoms with Gasteiger partial charge in [0.2, 0.25) is 0 Å². The van der Waals surface area contributed by atoms with Crippen molar-refractivity contribution in [1.82, 2.24) is 5.32 Å². The van der Waals surface area contributed by atoms with Gasteiger partial charge in [-0.2, -0.15) is 0 Å². The van der Waals surface area contributed by atoms with Crippen molar-refractivity contribution in [3.8, 4) is 0 Å². The molecule has 0 aromatic rings. The van der Waals surface area contributed by atoms with Crippen molar-refractivity contribution in [1.29, 1.82) is 0 Å². The number of hydrogen-bond donors (Lipinski definition) is 1. The Hall–Kier alpha value is -0.370. The Morgan fingerprint density at radius 3 is 3.00 bits per heavy atom. The molecule has 1 fully saturated rings. The van der Waals surface area contributed by atoms with Crippen LogP contribution in [0.5, 0.6) is 0 Å². The maximum absolute atomic E-state index is 11.1. The zero-order valence-electron chi connectivity index (χ0n) is 6.23. The number of hydrogen-bond acceptors (Lipinski definition) is 2. The molecule has 0 bridgehead atoms. The van der Waals surface area contributed by atoms with Crippen molar-refractivity contribution in [2.24, 2.45) is 5.92 Å². The maximum Gasteiger partial charge on any atom is 0.137 e. The van der Waals surface area contributed by atoms with Crippen molar-refractivity contribution < 1.29 is 4.79 Å². The number of piperidine rings is 1. The number of nitrogens with one attached hydrogen (secondary N) is 1. The first-order valence-electron chi connectivity index (χ1n) is 3.87. The summed E-state index contributed by atoms with van der Waals surface area (Å²) in [5.74, 6) is 0.568. The molecule has 0 aromatic heterocycles. The van der Waals surface area contributed by atoms with E-state index in [1.807, 2.05) is 0 Å². The van der Waals surface area contributed by atoms with Crippen molar-refractivity contribution in [2.45, 2.75) is 19.3 Å². The van der Waals surface area contributed by atoms with E-state index in [2.05, 4.69) is 12.2 Å². The highest BCUT2D eigenvalue weighted by molar-refractivity contribution is 5.81. The summed E-state index contributed by atoms with van der Waals surface area (Å²) in [5, 5.41) is 3.20. The van der Waals surface area contributed by atoms with Crippen LogP contribution in [0.2, 0.25) is 0 Å². The predicted molar refractivity (Wildman–Crippen MR) is 40.6 cm³/mol. The molecule has 0 saturated carbocycles. The zero-order chi connectivity index (χ0) is 7.40. The minimum atomic E-state index is 0.256. The Morgan fingerprint density at radius 2 is 2.50 bits per heavy atom. The molecule has 10 heavy (non-hydrogen) atoms.